The molecule has 0 atom stereocenters. The second-order valence-corrected chi connectivity index (χ2v) is 5.47. The van der Waals surface area contributed by atoms with Crippen LogP contribution in [0.1, 0.15) is 25.0 Å². The van der Waals surface area contributed by atoms with Crippen molar-refractivity contribution in [3.63, 3.8) is 0 Å². The molecule has 1 aromatic carbocycles. The lowest BCUT2D eigenvalue weighted by Gasteiger charge is -2.42. The molecule has 1 aliphatic heterocycles. The fourth-order valence-electron chi connectivity index (χ4n) is 2.24. The minimum absolute atomic E-state index is 0.0580. The molecule has 0 unspecified atom stereocenters. The summed E-state index contributed by atoms with van der Waals surface area (Å²) in [6.07, 6.45) is 0. The van der Waals surface area contributed by atoms with Gasteiger partial charge in [0.1, 0.15) is 0 Å². The quantitative estimate of drug-likeness (QED) is 0.374. The average Bonchev–Trinajstić information content (AvgIpc) is 2.41. The predicted octanol–water partition coefficient (Wildman–Crippen LogP) is 1.39. The summed E-state index contributed by atoms with van der Waals surface area (Å²) in [5.74, 6) is 0.137. The van der Waals surface area contributed by atoms with Crippen molar-refractivity contribution < 1.29 is 9.94 Å². The Morgan fingerprint density at radius 2 is 2.11 bits per heavy atom. The normalized spacial score (nSPS) is 20.4. The Hall–Kier alpha value is -1.59. The molecule has 1 saturated heterocycles. The van der Waals surface area contributed by atoms with Crippen molar-refractivity contribution in [2.24, 2.45) is 10.9 Å². The van der Waals surface area contributed by atoms with E-state index in [0.29, 0.717) is 0 Å². The van der Waals surface area contributed by atoms with Gasteiger partial charge in [0.25, 0.3) is 0 Å². The Labute approximate surface area is 113 Å². The standard InChI is InChI=1S/C14H21N3O2/c1-14(2)10-19-8-7-17(14)9-11-3-5-12(6-4-11)13(15)16-18/h3-6,18H,7-10H2,1-2H3,(H2,15,16). The molecule has 0 saturated carbocycles. The summed E-state index contributed by atoms with van der Waals surface area (Å²) in [6, 6.07) is 7.77. The smallest absolute Gasteiger partial charge is 0.170 e. The maximum absolute atomic E-state index is 8.63. The molecule has 1 heterocycles. The zero-order valence-electron chi connectivity index (χ0n) is 11.5. The molecule has 1 aromatic rings. The van der Waals surface area contributed by atoms with E-state index < -0.39 is 0 Å². The Kier molecular flexibility index (Phi) is 4.07. The van der Waals surface area contributed by atoms with Gasteiger partial charge in [-0.1, -0.05) is 29.4 Å². The third-order valence-electron chi connectivity index (χ3n) is 3.55. The molecular weight excluding hydrogens is 242 g/mol. The van der Waals surface area contributed by atoms with Gasteiger partial charge >= 0.3 is 0 Å². The highest BCUT2D eigenvalue weighted by Crippen LogP contribution is 2.21. The summed E-state index contributed by atoms with van der Waals surface area (Å²) < 4.78 is 5.52. The lowest BCUT2D eigenvalue weighted by atomic mass is 10.0. The predicted molar refractivity (Wildman–Crippen MR) is 74.3 cm³/mol. The zero-order chi connectivity index (χ0) is 13.9. The van der Waals surface area contributed by atoms with Crippen molar-refractivity contribution in [2.45, 2.75) is 25.9 Å². The van der Waals surface area contributed by atoms with Crippen LogP contribution in [-0.4, -0.2) is 41.2 Å². The maximum atomic E-state index is 8.63. The zero-order valence-corrected chi connectivity index (χ0v) is 11.5. The molecule has 2 rings (SSSR count). The summed E-state index contributed by atoms with van der Waals surface area (Å²) in [5, 5.41) is 11.6. The molecule has 0 spiro atoms. The summed E-state index contributed by atoms with van der Waals surface area (Å²) in [6.45, 7) is 7.75. The lowest BCUT2D eigenvalue weighted by molar-refractivity contribution is -0.0552. The van der Waals surface area contributed by atoms with Crippen molar-refractivity contribution in [1.82, 2.24) is 4.90 Å². The summed E-state index contributed by atoms with van der Waals surface area (Å²) in [7, 11) is 0. The van der Waals surface area contributed by atoms with E-state index in [2.05, 4.69) is 23.9 Å². The minimum atomic E-state index is 0.0580. The van der Waals surface area contributed by atoms with Gasteiger partial charge in [0.05, 0.1) is 13.2 Å². The number of amidine groups is 1. The van der Waals surface area contributed by atoms with E-state index in [9.17, 15) is 0 Å². The molecular formula is C14H21N3O2. The van der Waals surface area contributed by atoms with Gasteiger partial charge in [0.2, 0.25) is 0 Å². The number of oxime groups is 1. The van der Waals surface area contributed by atoms with Gasteiger partial charge in [-0.3, -0.25) is 4.90 Å². The van der Waals surface area contributed by atoms with Crippen LogP contribution in [0.5, 0.6) is 0 Å². The number of ether oxygens (including phenoxy) is 1. The first-order valence-electron chi connectivity index (χ1n) is 6.42. The molecule has 19 heavy (non-hydrogen) atoms. The lowest BCUT2D eigenvalue weighted by Crippen LogP contribution is -2.52. The van der Waals surface area contributed by atoms with Crippen LogP contribution < -0.4 is 5.73 Å². The molecule has 0 bridgehead atoms. The average molecular weight is 263 g/mol. The largest absolute Gasteiger partial charge is 0.409 e. The van der Waals surface area contributed by atoms with Crippen LogP contribution in [0.15, 0.2) is 29.4 Å². The van der Waals surface area contributed by atoms with E-state index >= 15 is 0 Å². The van der Waals surface area contributed by atoms with Crippen LogP contribution >= 0.6 is 0 Å². The van der Waals surface area contributed by atoms with Gasteiger partial charge in [-0.15, -0.1) is 0 Å². The van der Waals surface area contributed by atoms with E-state index in [1.54, 1.807) is 0 Å². The number of rotatable bonds is 3. The molecule has 0 aromatic heterocycles. The first-order valence-corrected chi connectivity index (χ1v) is 6.42. The van der Waals surface area contributed by atoms with Crippen LogP contribution in [0.25, 0.3) is 0 Å². The molecule has 0 aliphatic carbocycles. The van der Waals surface area contributed by atoms with Crippen LogP contribution in [0, 0.1) is 0 Å². The highest BCUT2D eigenvalue weighted by molar-refractivity contribution is 5.96. The molecule has 104 valence electrons. The Bertz CT molecular complexity index is 454. The molecule has 0 amide bonds. The van der Waals surface area contributed by atoms with Crippen LogP contribution in [0.4, 0.5) is 0 Å². The highest BCUT2D eigenvalue weighted by atomic mass is 16.5. The second-order valence-electron chi connectivity index (χ2n) is 5.47. The monoisotopic (exact) mass is 263 g/mol. The number of benzene rings is 1. The van der Waals surface area contributed by atoms with Gasteiger partial charge in [-0.2, -0.15) is 0 Å². The number of hydrogen-bond acceptors (Lipinski definition) is 4. The van der Waals surface area contributed by atoms with Gasteiger partial charge < -0.3 is 15.7 Å². The Morgan fingerprint density at radius 3 is 2.68 bits per heavy atom. The molecule has 5 heteroatoms. The second kappa shape index (κ2) is 5.59. The van der Waals surface area contributed by atoms with Gasteiger partial charge in [0.15, 0.2) is 5.84 Å². The molecule has 5 nitrogen and oxygen atoms in total. The fraction of sp³-hybridized carbons (Fsp3) is 0.500. The van der Waals surface area contributed by atoms with E-state index in [0.717, 1.165) is 31.9 Å². The maximum Gasteiger partial charge on any atom is 0.170 e. The van der Waals surface area contributed by atoms with Crippen molar-refractivity contribution in [1.29, 1.82) is 0 Å². The van der Waals surface area contributed by atoms with Crippen LogP contribution in [0.3, 0.4) is 0 Å². The Morgan fingerprint density at radius 1 is 1.42 bits per heavy atom. The topological polar surface area (TPSA) is 71.1 Å². The van der Waals surface area contributed by atoms with E-state index in [-0.39, 0.29) is 11.4 Å². The van der Waals surface area contributed by atoms with E-state index in [1.165, 1.54) is 5.56 Å². The SMILES string of the molecule is CC1(C)COCCN1Cc1ccc(C(N)=NO)cc1. The minimum Gasteiger partial charge on any atom is -0.409 e. The number of nitrogens with zero attached hydrogens (tertiary/aromatic N) is 2. The van der Waals surface area contributed by atoms with Crippen LogP contribution in [-0.2, 0) is 11.3 Å². The fourth-order valence-corrected chi connectivity index (χ4v) is 2.24. The third kappa shape index (κ3) is 3.24. The molecule has 1 aliphatic rings. The van der Waals surface area contributed by atoms with E-state index in [1.807, 2.05) is 24.3 Å². The van der Waals surface area contributed by atoms with Gasteiger partial charge in [-0.05, 0) is 19.4 Å². The molecule has 0 radical (unpaired) electrons. The number of morpholine rings is 1. The highest BCUT2D eigenvalue weighted by Gasteiger charge is 2.30. The van der Waals surface area contributed by atoms with Crippen molar-refractivity contribution in [3.8, 4) is 0 Å². The number of hydrogen-bond donors (Lipinski definition) is 2. The summed E-state index contributed by atoms with van der Waals surface area (Å²) in [5.41, 5.74) is 7.54. The molecule has 1 fully saturated rings. The third-order valence-corrected chi connectivity index (χ3v) is 3.55. The number of nitrogens with two attached hydrogens (primary N) is 1. The van der Waals surface area contributed by atoms with Crippen molar-refractivity contribution >= 4 is 5.84 Å². The summed E-state index contributed by atoms with van der Waals surface area (Å²) in [4.78, 5) is 2.41. The van der Waals surface area contributed by atoms with Crippen molar-refractivity contribution in [2.75, 3.05) is 19.8 Å². The van der Waals surface area contributed by atoms with Gasteiger partial charge in [0, 0.05) is 24.2 Å². The van der Waals surface area contributed by atoms with Crippen LogP contribution in [0.2, 0.25) is 0 Å². The first-order chi connectivity index (χ1) is 9.03. The van der Waals surface area contributed by atoms with Gasteiger partial charge in [-0.25, -0.2) is 0 Å². The summed E-state index contributed by atoms with van der Waals surface area (Å²) >= 11 is 0. The van der Waals surface area contributed by atoms with Crippen molar-refractivity contribution in [3.05, 3.63) is 35.4 Å². The molecule has 3 N–H and O–H groups in total. The Balaban J connectivity index is 2.07. The van der Waals surface area contributed by atoms with E-state index in [4.69, 9.17) is 15.7 Å². The first kappa shape index (κ1) is 13.8.